The van der Waals surface area contributed by atoms with Crippen LogP contribution >= 0.6 is 0 Å². The van der Waals surface area contributed by atoms with Gasteiger partial charge in [0.1, 0.15) is 12.4 Å². The summed E-state index contributed by atoms with van der Waals surface area (Å²) in [5.41, 5.74) is 0.782. The zero-order chi connectivity index (χ0) is 10.4. The zero-order valence-electron chi connectivity index (χ0n) is 7.84. The lowest BCUT2D eigenvalue weighted by atomic mass is 10.3. The number of halogens is 2. The number of nitrogens with zero attached hydrogens (tertiary/aromatic N) is 1. The third-order valence-electron chi connectivity index (χ3n) is 1.59. The molecule has 0 aromatic carbocycles. The first-order valence-corrected chi connectivity index (χ1v) is 4.21. The monoisotopic (exact) mass is 202 g/mol. The van der Waals surface area contributed by atoms with Crippen LogP contribution in [0.1, 0.15) is 5.56 Å². The van der Waals surface area contributed by atoms with Crippen LogP contribution in [0.15, 0.2) is 18.3 Å². The van der Waals surface area contributed by atoms with E-state index in [4.69, 9.17) is 4.74 Å². The number of alkyl halides is 2. The standard InChI is InChI=1S/C9H12F2N2O/c1-12-9-3-2-7(4-13-9)5-14-6-8(10)11/h2-4,8H,5-6H2,1H3,(H,12,13). The van der Waals surface area contributed by atoms with Gasteiger partial charge < -0.3 is 10.1 Å². The SMILES string of the molecule is CNc1ccc(COCC(F)F)cn1. The van der Waals surface area contributed by atoms with E-state index in [0.717, 1.165) is 11.4 Å². The van der Waals surface area contributed by atoms with E-state index < -0.39 is 13.0 Å². The molecular formula is C9H12F2N2O. The molecule has 0 spiro atoms. The smallest absolute Gasteiger partial charge is 0.261 e. The Labute approximate surface area is 81.1 Å². The largest absolute Gasteiger partial charge is 0.373 e. The number of rotatable bonds is 5. The van der Waals surface area contributed by atoms with Crippen LogP contribution < -0.4 is 5.32 Å². The van der Waals surface area contributed by atoms with Crippen molar-refractivity contribution in [3.8, 4) is 0 Å². The van der Waals surface area contributed by atoms with Gasteiger partial charge in [-0.1, -0.05) is 6.07 Å². The Balaban J connectivity index is 2.36. The van der Waals surface area contributed by atoms with Crippen LogP contribution in [-0.4, -0.2) is 25.1 Å². The van der Waals surface area contributed by atoms with Crippen LogP contribution in [-0.2, 0) is 11.3 Å². The zero-order valence-corrected chi connectivity index (χ0v) is 7.84. The normalized spacial score (nSPS) is 10.6. The first-order valence-electron chi connectivity index (χ1n) is 4.21. The van der Waals surface area contributed by atoms with Crippen molar-refractivity contribution in [1.29, 1.82) is 0 Å². The van der Waals surface area contributed by atoms with Gasteiger partial charge in [0.25, 0.3) is 6.43 Å². The Kier molecular flexibility index (Phi) is 4.25. The Morgan fingerprint density at radius 3 is 2.79 bits per heavy atom. The van der Waals surface area contributed by atoms with Gasteiger partial charge in [0.05, 0.1) is 6.61 Å². The molecule has 0 amide bonds. The van der Waals surface area contributed by atoms with Crippen LogP contribution in [0.2, 0.25) is 0 Å². The molecule has 0 aliphatic carbocycles. The number of anilines is 1. The predicted octanol–water partition coefficient (Wildman–Crippen LogP) is 1.90. The van der Waals surface area contributed by atoms with Crippen LogP contribution in [0, 0.1) is 0 Å². The molecule has 0 bridgehead atoms. The fourth-order valence-corrected chi connectivity index (χ4v) is 0.924. The fraction of sp³-hybridized carbons (Fsp3) is 0.444. The second kappa shape index (κ2) is 5.49. The van der Waals surface area contributed by atoms with Gasteiger partial charge in [0.15, 0.2) is 0 Å². The minimum atomic E-state index is -2.42. The van der Waals surface area contributed by atoms with Crippen molar-refractivity contribution in [3.05, 3.63) is 23.9 Å². The predicted molar refractivity (Wildman–Crippen MR) is 49.4 cm³/mol. The van der Waals surface area contributed by atoms with Crippen LogP contribution in [0.25, 0.3) is 0 Å². The van der Waals surface area contributed by atoms with Gasteiger partial charge in [-0.25, -0.2) is 13.8 Å². The lowest BCUT2D eigenvalue weighted by Gasteiger charge is -2.04. The summed E-state index contributed by atoms with van der Waals surface area (Å²) in [4.78, 5) is 4.02. The van der Waals surface area contributed by atoms with Crippen LogP contribution in [0.3, 0.4) is 0 Å². The molecule has 0 atom stereocenters. The summed E-state index contributed by atoms with van der Waals surface area (Å²) in [7, 11) is 1.76. The first kappa shape index (κ1) is 10.8. The van der Waals surface area contributed by atoms with Crippen molar-refractivity contribution < 1.29 is 13.5 Å². The molecule has 0 unspecified atom stereocenters. The second-order valence-corrected chi connectivity index (χ2v) is 2.71. The molecule has 1 rings (SSSR count). The van der Waals surface area contributed by atoms with Gasteiger partial charge in [-0.05, 0) is 11.6 Å². The fourth-order valence-electron chi connectivity index (χ4n) is 0.924. The summed E-state index contributed by atoms with van der Waals surface area (Å²) in [6.45, 7) is -0.366. The van der Waals surface area contributed by atoms with E-state index >= 15 is 0 Å². The summed E-state index contributed by atoms with van der Waals surface area (Å²) < 4.78 is 28.2. The summed E-state index contributed by atoms with van der Waals surface area (Å²) in [5.74, 6) is 0.739. The molecule has 3 nitrogen and oxygen atoms in total. The molecule has 0 saturated heterocycles. The maximum absolute atomic E-state index is 11.7. The Hall–Kier alpha value is -1.23. The molecule has 0 aliphatic heterocycles. The molecule has 0 fully saturated rings. The minimum Gasteiger partial charge on any atom is -0.373 e. The molecule has 0 saturated carbocycles. The van der Waals surface area contributed by atoms with Gasteiger partial charge in [-0.15, -0.1) is 0 Å². The highest BCUT2D eigenvalue weighted by Gasteiger charge is 2.02. The quantitative estimate of drug-likeness (QED) is 0.791. The van der Waals surface area contributed by atoms with Crippen molar-refractivity contribution in [3.63, 3.8) is 0 Å². The molecule has 1 heterocycles. The number of aromatic nitrogens is 1. The minimum absolute atomic E-state index is 0.168. The lowest BCUT2D eigenvalue weighted by Crippen LogP contribution is -2.04. The Morgan fingerprint density at radius 1 is 1.50 bits per heavy atom. The van der Waals surface area contributed by atoms with Crippen molar-refractivity contribution in [2.45, 2.75) is 13.0 Å². The number of hydrogen-bond donors (Lipinski definition) is 1. The second-order valence-electron chi connectivity index (χ2n) is 2.71. The third kappa shape index (κ3) is 3.66. The van der Waals surface area contributed by atoms with Crippen molar-refractivity contribution in [2.24, 2.45) is 0 Å². The number of nitrogens with one attached hydrogen (secondary N) is 1. The van der Waals surface area contributed by atoms with Crippen LogP contribution in [0.4, 0.5) is 14.6 Å². The first-order chi connectivity index (χ1) is 6.72. The van der Waals surface area contributed by atoms with Gasteiger partial charge in [0, 0.05) is 13.2 Å². The van der Waals surface area contributed by atoms with E-state index in [-0.39, 0.29) is 6.61 Å². The third-order valence-corrected chi connectivity index (χ3v) is 1.59. The van der Waals surface area contributed by atoms with Gasteiger partial charge in [0.2, 0.25) is 0 Å². The number of ether oxygens (including phenoxy) is 1. The molecule has 0 aliphatic rings. The average molecular weight is 202 g/mol. The van der Waals surface area contributed by atoms with Crippen molar-refractivity contribution >= 4 is 5.82 Å². The maximum atomic E-state index is 11.7. The van der Waals surface area contributed by atoms with Gasteiger partial charge in [-0.3, -0.25) is 0 Å². The maximum Gasteiger partial charge on any atom is 0.261 e. The molecular weight excluding hydrogens is 190 g/mol. The van der Waals surface area contributed by atoms with E-state index in [1.54, 1.807) is 25.4 Å². The highest BCUT2D eigenvalue weighted by molar-refractivity contribution is 5.34. The molecule has 0 radical (unpaired) electrons. The summed E-state index contributed by atoms with van der Waals surface area (Å²) >= 11 is 0. The highest BCUT2D eigenvalue weighted by atomic mass is 19.3. The van der Waals surface area contributed by atoms with Crippen LogP contribution in [0.5, 0.6) is 0 Å². The molecule has 14 heavy (non-hydrogen) atoms. The average Bonchev–Trinajstić information content (AvgIpc) is 2.18. The van der Waals surface area contributed by atoms with E-state index in [0.29, 0.717) is 0 Å². The summed E-state index contributed by atoms with van der Waals surface area (Å²) in [5, 5.41) is 2.86. The lowest BCUT2D eigenvalue weighted by molar-refractivity contribution is 0.00980. The topological polar surface area (TPSA) is 34.1 Å². The summed E-state index contributed by atoms with van der Waals surface area (Å²) in [6.07, 6.45) is -0.823. The van der Waals surface area contributed by atoms with Crippen molar-refractivity contribution in [2.75, 3.05) is 19.0 Å². The Morgan fingerprint density at radius 2 is 2.29 bits per heavy atom. The van der Waals surface area contributed by atoms with Gasteiger partial charge >= 0.3 is 0 Å². The number of hydrogen-bond acceptors (Lipinski definition) is 3. The summed E-state index contributed by atoms with van der Waals surface area (Å²) in [6, 6.07) is 3.55. The highest BCUT2D eigenvalue weighted by Crippen LogP contribution is 2.05. The molecule has 1 aromatic heterocycles. The molecule has 1 aromatic rings. The van der Waals surface area contributed by atoms with Gasteiger partial charge in [-0.2, -0.15) is 0 Å². The van der Waals surface area contributed by atoms with E-state index in [1.165, 1.54) is 0 Å². The van der Waals surface area contributed by atoms with Crippen molar-refractivity contribution in [1.82, 2.24) is 4.98 Å². The van der Waals surface area contributed by atoms with E-state index in [9.17, 15) is 8.78 Å². The number of pyridine rings is 1. The Bertz CT molecular complexity index is 264. The van der Waals surface area contributed by atoms with E-state index in [1.807, 2.05) is 0 Å². The molecule has 1 N–H and O–H groups in total. The van der Waals surface area contributed by atoms with E-state index in [2.05, 4.69) is 10.3 Å². The molecule has 5 heteroatoms. The molecule has 78 valence electrons.